The Balaban J connectivity index is 2.95. The lowest BCUT2D eigenvalue weighted by Crippen LogP contribution is -2.17. The summed E-state index contributed by atoms with van der Waals surface area (Å²) < 4.78 is 45.3. The predicted octanol–water partition coefficient (Wildman–Crippen LogP) is 3.75. The van der Waals surface area contributed by atoms with Gasteiger partial charge >= 0.3 is 6.36 Å². The summed E-state index contributed by atoms with van der Waals surface area (Å²) in [5.74, 6) is -0.281. The normalized spacial score (nSPS) is 11.3. The minimum Gasteiger partial charge on any atom is -0.490 e. The van der Waals surface area contributed by atoms with Gasteiger partial charge in [0.2, 0.25) is 0 Å². The van der Waals surface area contributed by atoms with Crippen molar-refractivity contribution in [1.29, 1.82) is 0 Å². The molecule has 1 rings (SSSR count). The molecular formula is C9H8BrF3O2. The number of rotatable bonds is 3. The van der Waals surface area contributed by atoms with Crippen LogP contribution in [0.25, 0.3) is 0 Å². The minimum atomic E-state index is -4.71. The van der Waals surface area contributed by atoms with E-state index in [0.29, 0.717) is 4.47 Å². The van der Waals surface area contributed by atoms with Gasteiger partial charge in [-0.3, -0.25) is 0 Å². The molecule has 0 fully saturated rings. The molecule has 6 heteroatoms. The van der Waals surface area contributed by atoms with Crippen LogP contribution in [-0.4, -0.2) is 13.0 Å². The number of hydrogen-bond acceptors (Lipinski definition) is 2. The Bertz CT molecular complexity index is 339. The SMILES string of the molecule is CCOc1cc(Br)ccc1OC(F)(F)F. The molecular weight excluding hydrogens is 277 g/mol. The molecule has 0 heterocycles. The molecule has 0 atom stereocenters. The summed E-state index contributed by atoms with van der Waals surface area (Å²) in [5.41, 5.74) is 0. The van der Waals surface area contributed by atoms with Crippen LogP contribution in [0, 0.1) is 0 Å². The van der Waals surface area contributed by atoms with Crippen molar-refractivity contribution < 1.29 is 22.6 Å². The summed E-state index contributed by atoms with van der Waals surface area (Å²) in [6.45, 7) is 1.95. The molecule has 0 unspecified atom stereocenters. The topological polar surface area (TPSA) is 18.5 Å². The van der Waals surface area contributed by atoms with Gasteiger partial charge in [0.15, 0.2) is 11.5 Å². The first-order valence-electron chi connectivity index (χ1n) is 4.10. The number of benzene rings is 1. The van der Waals surface area contributed by atoms with Gasteiger partial charge in [-0.15, -0.1) is 13.2 Å². The predicted molar refractivity (Wildman–Crippen MR) is 52.0 cm³/mol. The number of hydrogen-bond donors (Lipinski definition) is 0. The van der Waals surface area contributed by atoms with E-state index in [9.17, 15) is 13.2 Å². The van der Waals surface area contributed by atoms with Crippen LogP contribution in [0.4, 0.5) is 13.2 Å². The molecule has 0 aliphatic rings. The van der Waals surface area contributed by atoms with E-state index in [0.717, 1.165) is 0 Å². The Morgan fingerprint density at radius 3 is 2.47 bits per heavy atom. The van der Waals surface area contributed by atoms with E-state index in [4.69, 9.17) is 4.74 Å². The van der Waals surface area contributed by atoms with Crippen molar-refractivity contribution >= 4 is 15.9 Å². The third-order valence-electron chi connectivity index (χ3n) is 1.43. The summed E-state index contributed by atoms with van der Waals surface area (Å²) in [7, 11) is 0. The van der Waals surface area contributed by atoms with Gasteiger partial charge in [0, 0.05) is 4.47 Å². The smallest absolute Gasteiger partial charge is 0.490 e. The van der Waals surface area contributed by atoms with Crippen LogP contribution >= 0.6 is 15.9 Å². The monoisotopic (exact) mass is 284 g/mol. The van der Waals surface area contributed by atoms with Crippen molar-refractivity contribution in [3.05, 3.63) is 22.7 Å². The van der Waals surface area contributed by atoms with E-state index in [1.807, 2.05) is 0 Å². The third kappa shape index (κ3) is 3.99. The molecule has 0 aliphatic carbocycles. The lowest BCUT2D eigenvalue weighted by molar-refractivity contribution is -0.275. The van der Waals surface area contributed by atoms with Gasteiger partial charge in [0.25, 0.3) is 0 Å². The van der Waals surface area contributed by atoms with Gasteiger partial charge in [-0.1, -0.05) is 15.9 Å². The number of alkyl halides is 3. The van der Waals surface area contributed by atoms with Gasteiger partial charge in [-0.05, 0) is 25.1 Å². The lowest BCUT2D eigenvalue weighted by Gasteiger charge is -2.13. The zero-order valence-corrected chi connectivity index (χ0v) is 9.35. The molecule has 0 saturated heterocycles. The fourth-order valence-corrected chi connectivity index (χ4v) is 1.30. The molecule has 0 N–H and O–H groups in total. The highest BCUT2D eigenvalue weighted by molar-refractivity contribution is 9.10. The molecule has 0 bridgehead atoms. The Labute approximate surface area is 93.1 Å². The standard InChI is InChI=1S/C9H8BrF3O2/c1-2-14-8-5-6(10)3-4-7(8)15-9(11,12)13/h3-5H,2H2,1H3. The van der Waals surface area contributed by atoms with Crippen LogP contribution in [0.5, 0.6) is 11.5 Å². The molecule has 1 aromatic rings. The van der Waals surface area contributed by atoms with Crippen LogP contribution in [0.2, 0.25) is 0 Å². The van der Waals surface area contributed by atoms with Crippen molar-refractivity contribution in [1.82, 2.24) is 0 Å². The first kappa shape index (κ1) is 12.2. The second kappa shape index (κ2) is 4.74. The maximum absolute atomic E-state index is 12.0. The largest absolute Gasteiger partial charge is 0.573 e. The molecule has 1 aromatic carbocycles. The van der Waals surface area contributed by atoms with Gasteiger partial charge in [0.1, 0.15) is 0 Å². The van der Waals surface area contributed by atoms with E-state index in [1.54, 1.807) is 6.92 Å². The molecule has 0 saturated carbocycles. The Morgan fingerprint density at radius 2 is 1.93 bits per heavy atom. The highest BCUT2D eigenvalue weighted by atomic mass is 79.9. The van der Waals surface area contributed by atoms with E-state index >= 15 is 0 Å². The second-order valence-corrected chi connectivity index (χ2v) is 3.49. The van der Waals surface area contributed by atoms with Crippen molar-refractivity contribution in [2.24, 2.45) is 0 Å². The number of halogens is 4. The molecule has 0 radical (unpaired) electrons. The zero-order valence-electron chi connectivity index (χ0n) is 7.77. The van der Waals surface area contributed by atoms with Crippen molar-refractivity contribution in [2.45, 2.75) is 13.3 Å². The molecule has 2 nitrogen and oxygen atoms in total. The Morgan fingerprint density at radius 1 is 1.27 bits per heavy atom. The second-order valence-electron chi connectivity index (χ2n) is 2.57. The van der Waals surface area contributed by atoms with Crippen molar-refractivity contribution in [2.75, 3.05) is 6.61 Å². The summed E-state index contributed by atoms with van der Waals surface area (Å²) in [6.07, 6.45) is -4.71. The molecule has 15 heavy (non-hydrogen) atoms. The fourth-order valence-electron chi connectivity index (χ4n) is 0.959. The van der Waals surface area contributed by atoms with Crippen molar-refractivity contribution in [3.8, 4) is 11.5 Å². The molecule has 84 valence electrons. The first-order valence-corrected chi connectivity index (χ1v) is 4.90. The molecule has 0 aromatic heterocycles. The van der Waals surface area contributed by atoms with Crippen LogP contribution in [-0.2, 0) is 0 Å². The van der Waals surface area contributed by atoms with E-state index in [-0.39, 0.29) is 18.1 Å². The fraction of sp³-hybridized carbons (Fsp3) is 0.333. The Hall–Kier alpha value is -0.910. The maximum Gasteiger partial charge on any atom is 0.573 e. The summed E-state index contributed by atoms with van der Waals surface area (Å²) in [5, 5.41) is 0. The lowest BCUT2D eigenvalue weighted by atomic mass is 10.3. The van der Waals surface area contributed by atoms with E-state index < -0.39 is 6.36 Å². The average Bonchev–Trinajstić information content (AvgIpc) is 2.08. The zero-order chi connectivity index (χ0) is 11.5. The van der Waals surface area contributed by atoms with E-state index in [2.05, 4.69) is 20.7 Å². The van der Waals surface area contributed by atoms with Crippen LogP contribution < -0.4 is 9.47 Å². The maximum atomic E-state index is 12.0. The molecule has 0 aliphatic heterocycles. The summed E-state index contributed by atoms with van der Waals surface area (Å²) >= 11 is 3.13. The van der Waals surface area contributed by atoms with Crippen LogP contribution in [0.15, 0.2) is 22.7 Å². The first-order chi connectivity index (χ1) is 6.92. The highest BCUT2D eigenvalue weighted by Crippen LogP contribution is 2.34. The molecule has 0 amide bonds. The quantitative estimate of drug-likeness (QED) is 0.842. The highest BCUT2D eigenvalue weighted by Gasteiger charge is 2.32. The number of ether oxygens (including phenoxy) is 2. The third-order valence-corrected chi connectivity index (χ3v) is 1.92. The van der Waals surface area contributed by atoms with E-state index in [1.165, 1.54) is 18.2 Å². The minimum absolute atomic E-state index is 0.0594. The summed E-state index contributed by atoms with van der Waals surface area (Å²) in [6, 6.07) is 4.07. The van der Waals surface area contributed by atoms with Gasteiger partial charge in [0.05, 0.1) is 6.61 Å². The van der Waals surface area contributed by atoms with Gasteiger partial charge in [-0.25, -0.2) is 0 Å². The van der Waals surface area contributed by atoms with Gasteiger partial charge in [-0.2, -0.15) is 0 Å². The van der Waals surface area contributed by atoms with Gasteiger partial charge < -0.3 is 9.47 Å². The van der Waals surface area contributed by atoms with Crippen molar-refractivity contribution in [3.63, 3.8) is 0 Å². The van der Waals surface area contributed by atoms with Crippen LogP contribution in [0.1, 0.15) is 6.92 Å². The molecule has 0 spiro atoms. The van der Waals surface area contributed by atoms with Crippen LogP contribution in [0.3, 0.4) is 0 Å². The average molecular weight is 285 g/mol. The summed E-state index contributed by atoms with van der Waals surface area (Å²) in [4.78, 5) is 0. The Kier molecular flexibility index (Phi) is 3.84.